The van der Waals surface area contributed by atoms with Gasteiger partial charge in [0, 0.05) is 24.7 Å². The van der Waals surface area contributed by atoms with Crippen molar-refractivity contribution in [2.75, 3.05) is 13.1 Å². The van der Waals surface area contributed by atoms with Crippen LogP contribution in [-0.2, 0) is 4.79 Å². The van der Waals surface area contributed by atoms with Crippen LogP contribution in [0.1, 0.15) is 54.3 Å². The molecule has 0 radical (unpaired) electrons. The highest BCUT2D eigenvalue weighted by Gasteiger charge is 2.35. The van der Waals surface area contributed by atoms with Crippen molar-refractivity contribution >= 4 is 17.7 Å². The molecule has 3 rings (SSSR count). The molecule has 2 atom stereocenters. The molecule has 2 aromatic rings. The van der Waals surface area contributed by atoms with E-state index >= 15 is 0 Å². The van der Waals surface area contributed by atoms with Gasteiger partial charge in [-0.15, -0.1) is 0 Å². The second-order valence-electron chi connectivity index (χ2n) is 8.97. The highest BCUT2D eigenvalue weighted by atomic mass is 19.1. The molecule has 0 aliphatic carbocycles. The molecule has 0 spiro atoms. The van der Waals surface area contributed by atoms with E-state index in [9.17, 15) is 18.8 Å². The Morgan fingerprint density at radius 1 is 0.909 bits per heavy atom. The first kappa shape index (κ1) is 24.4. The van der Waals surface area contributed by atoms with Gasteiger partial charge in [-0.25, -0.2) is 4.39 Å². The molecule has 0 bridgehead atoms. The lowest BCUT2D eigenvalue weighted by Crippen LogP contribution is -2.55. The number of hydrogen-bond donors (Lipinski definition) is 2. The Labute approximate surface area is 194 Å². The van der Waals surface area contributed by atoms with Crippen LogP contribution in [0.25, 0.3) is 0 Å². The second kappa shape index (κ2) is 11.1. The van der Waals surface area contributed by atoms with Crippen molar-refractivity contribution in [3.8, 4) is 0 Å². The summed E-state index contributed by atoms with van der Waals surface area (Å²) in [5.41, 5.74) is 0.535. The van der Waals surface area contributed by atoms with Crippen LogP contribution in [0.3, 0.4) is 0 Å². The molecule has 0 unspecified atom stereocenters. The smallest absolute Gasteiger partial charge is 0.256 e. The number of benzene rings is 2. The van der Waals surface area contributed by atoms with Gasteiger partial charge in [-0.1, -0.05) is 44.2 Å². The van der Waals surface area contributed by atoms with E-state index in [1.54, 1.807) is 41.3 Å². The van der Waals surface area contributed by atoms with Gasteiger partial charge < -0.3 is 15.5 Å². The lowest BCUT2D eigenvalue weighted by molar-refractivity contribution is -0.125. The lowest BCUT2D eigenvalue weighted by Gasteiger charge is -2.36. The largest absolute Gasteiger partial charge is 0.352 e. The molecule has 1 aliphatic heterocycles. The number of carbonyl (C=O) groups is 3. The topological polar surface area (TPSA) is 78.5 Å². The zero-order valence-corrected chi connectivity index (χ0v) is 19.4. The molecule has 7 heteroatoms. The average Bonchev–Trinajstić information content (AvgIpc) is 2.82. The van der Waals surface area contributed by atoms with Gasteiger partial charge >= 0.3 is 0 Å². The summed E-state index contributed by atoms with van der Waals surface area (Å²) in [7, 11) is 0. The molecular weight excluding hydrogens is 421 g/mol. The van der Waals surface area contributed by atoms with E-state index in [-0.39, 0.29) is 41.2 Å². The van der Waals surface area contributed by atoms with Gasteiger partial charge in [-0.3, -0.25) is 14.4 Å². The Balaban J connectivity index is 1.71. The maximum Gasteiger partial charge on any atom is 0.256 e. The SMILES string of the molecule is CC(C)[C@H](C)NC(=O)[C@H](NC(=O)c1ccccc1)C1CCN(C(=O)c2ccccc2F)CC1. The van der Waals surface area contributed by atoms with E-state index in [2.05, 4.69) is 10.6 Å². The monoisotopic (exact) mass is 453 g/mol. The second-order valence-corrected chi connectivity index (χ2v) is 8.97. The van der Waals surface area contributed by atoms with Crippen LogP contribution in [0.15, 0.2) is 54.6 Å². The standard InChI is InChI=1S/C26H32FN3O3/c1-17(2)18(3)28-25(32)23(29-24(31)20-9-5-4-6-10-20)19-13-15-30(16-14-19)26(33)21-11-7-8-12-22(21)27/h4-12,17-19,23H,13-16H2,1-3H3,(H,28,32)(H,29,31)/t18-,23+/m0/s1. The van der Waals surface area contributed by atoms with E-state index in [1.807, 2.05) is 26.8 Å². The first-order valence-electron chi connectivity index (χ1n) is 11.5. The molecule has 1 aliphatic rings. The molecular formula is C26H32FN3O3. The predicted molar refractivity (Wildman–Crippen MR) is 125 cm³/mol. The first-order chi connectivity index (χ1) is 15.8. The van der Waals surface area contributed by atoms with Crippen LogP contribution in [0.5, 0.6) is 0 Å². The molecule has 6 nitrogen and oxygen atoms in total. The fourth-order valence-electron chi connectivity index (χ4n) is 3.93. The number of nitrogens with one attached hydrogen (secondary N) is 2. The van der Waals surface area contributed by atoms with Crippen molar-refractivity contribution in [2.24, 2.45) is 11.8 Å². The highest BCUT2D eigenvalue weighted by molar-refractivity contribution is 5.97. The predicted octanol–water partition coefficient (Wildman–Crippen LogP) is 3.64. The number of piperidine rings is 1. The minimum atomic E-state index is -0.718. The number of rotatable bonds is 7. The Bertz CT molecular complexity index is 972. The molecule has 1 saturated heterocycles. The van der Waals surface area contributed by atoms with Crippen LogP contribution >= 0.6 is 0 Å². The molecule has 3 amide bonds. The normalized spacial score (nSPS) is 16.2. The number of carbonyl (C=O) groups excluding carboxylic acids is 3. The molecule has 1 fully saturated rings. The Morgan fingerprint density at radius 3 is 2.12 bits per heavy atom. The molecule has 176 valence electrons. The van der Waals surface area contributed by atoms with E-state index in [0.29, 0.717) is 31.5 Å². The summed E-state index contributed by atoms with van der Waals surface area (Å²) in [6.45, 7) is 6.77. The summed E-state index contributed by atoms with van der Waals surface area (Å²) in [5.74, 6) is -1.31. The van der Waals surface area contributed by atoms with Gasteiger partial charge in [0.05, 0.1) is 5.56 Å². The van der Waals surface area contributed by atoms with Crippen LogP contribution in [-0.4, -0.2) is 47.8 Å². The van der Waals surface area contributed by atoms with Crippen molar-refractivity contribution in [1.29, 1.82) is 0 Å². The summed E-state index contributed by atoms with van der Waals surface area (Å²) in [6.07, 6.45) is 1.06. The third-order valence-corrected chi connectivity index (χ3v) is 6.38. The van der Waals surface area contributed by atoms with Crippen molar-refractivity contribution in [3.05, 3.63) is 71.5 Å². The fraction of sp³-hybridized carbons (Fsp3) is 0.423. The molecule has 0 aromatic heterocycles. The first-order valence-corrected chi connectivity index (χ1v) is 11.5. The summed E-state index contributed by atoms with van der Waals surface area (Å²) >= 11 is 0. The van der Waals surface area contributed by atoms with Gasteiger partial charge in [0.2, 0.25) is 5.91 Å². The van der Waals surface area contributed by atoms with Crippen molar-refractivity contribution in [3.63, 3.8) is 0 Å². The summed E-state index contributed by atoms with van der Waals surface area (Å²) in [6, 6.07) is 14.0. The highest BCUT2D eigenvalue weighted by Crippen LogP contribution is 2.24. The summed E-state index contributed by atoms with van der Waals surface area (Å²) in [4.78, 5) is 40.3. The van der Waals surface area contributed by atoms with Crippen LogP contribution in [0.2, 0.25) is 0 Å². The number of halogens is 1. The molecule has 2 N–H and O–H groups in total. The van der Waals surface area contributed by atoms with Crippen molar-refractivity contribution < 1.29 is 18.8 Å². The minimum absolute atomic E-state index is 0.0450. The maximum absolute atomic E-state index is 14.0. The van der Waals surface area contributed by atoms with Crippen molar-refractivity contribution in [1.82, 2.24) is 15.5 Å². The van der Waals surface area contributed by atoms with E-state index in [4.69, 9.17) is 0 Å². The third kappa shape index (κ3) is 6.18. The van der Waals surface area contributed by atoms with Gasteiger partial charge in [0.25, 0.3) is 11.8 Å². The molecule has 0 saturated carbocycles. The maximum atomic E-state index is 14.0. The Kier molecular flexibility index (Phi) is 8.20. The minimum Gasteiger partial charge on any atom is -0.352 e. The van der Waals surface area contributed by atoms with Gasteiger partial charge in [-0.05, 0) is 55.9 Å². The summed E-state index contributed by atoms with van der Waals surface area (Å²) < 4.78 is 14.0. The molecule has 1 heterocycles. The van der Waals surface area contributed by atoms with Crippen molar-refractivity contribution in [2.45, 2.75) is 45.7 Å². The number of likely N-dealkylation sites (tertiary alicyclic amines) is 1. The van der Waals surface area contributed by atoms with Gasteiger partial charge in [0.1, 0.15) is 11.9 Å². The summed E-state index contributed by atoms with van der Waals surface area (Å²) in [5, 5.41) is 5.93. The quantitative estimate of drug-likeness (QED) is 0.672. The van der Waals surface area contributed by atoms with Gasteiger partial charge in [-0.2, -0.15) is 0 Å². The number of nitrogens with zero attached hydrogens (tertiary/aromatic N) is 1. The lowest BCUT2D eigenvalue weighted by atomic mass is 9.87. The van der Waals surface area contributed by atoms with E-state index in [1.165, 1.54) is 12.1 Å². The number of amides is 3. The fourth-order valence-corrected chi connectivity index (χ4v) is 3.93. The van der Waals surface area contributed by atoms with Crippen LogP contribution < -0.4 is 10.6 Å². The van der Waals surface area contributed by atoms with Crippen LogP contribution in [0, 0.1) is 17.7 Å². The zero-order valence-electron chi connectivity index (χ0n) is 19.4. The molecule has 33 heavy (non-hydrogen) atoms. The zero-order chi connectivity index (χ0) is 24.0. The average molecular weight is 454 g/mol. The third-order valence-electron chi connectivity index (χ3n) is 6.38. The Morgan fingerprint density at radius 2 is 1.52 bits per heavy atom. The van der Waals surface area contributed by atoms with E-state index in [0.717, 1.165) is 0 Å². The Hall–Kier alpha value is -3.22. The molecule has 2 aromatic carbocycles. The van der Waals surface area contributed by atoms with Crippen LogP contribution in [0.4, 0.5) is 4.39 Å². The van der Waals surface area contributed by atoms with Gasteiger partial charge in [0.15, 0.2) is 0 Å². The van der Waals surface area contributed by atoms with E-state index < -0.39 is 11.9 Å². The number of hydrogen-bond acceptors (Lipinski definition) is 3.